The van der Waals surface area contributed by atoms with Crippen molar-refractivity contribution in [2.45, 2.75) is 0 Å². The average molecular weight is 589 g/mol. The van der Waals surface area contributed by atoms with Crippen LogP contribution in [0.15, 0.2) is 169 Å². The number of para-hydroxylation sites is 2. The first kappa shape index (κ1) is 9.57. The molecular weight excluding hydrogens is 532 g/mol. The highest BCUT2D eigenvalue weighted by Gasteiger charge is 2.18. The molecule has 0 unspecified atom stereocenters. The first-order valence-electron chi connectivity index (χ1n) is 26.8. The van der Waals surface area contributed by atoms with Gasteiger partial charge in [-0.1, -0.05) is 121 Å². The topological polar surface area (TPSA) is 9.86 Å². The molecule has 0 N–H and O–H groups in total. The number of benzene rings is 7. The van der Waals surface area contributed by atoms with Gasteiger partial charge in [0.1, 0.15) is 0 Å². The molecule has 0 atom stereocenters. The number of hydrogen-bond acceptors (Lipinski definition) is 0. The van der Waals surface area contributed by atoms with E-state index in [2.05, 4.69) is 0 Å². The molecule has 44 heavy (non-hydrogen) atoms. The summed E-state index contributed by atoms with van der Waals surface area (Å²) in [4.78, 5) is 0. The van der Waals surface area contributed by atoms with Crippen LogP contribution in [-0.2, 0) is 0 Å². The number of aromatic nitrogens is 2. The van der Waals surface area contributed by atoms with Crippen LogP contribution in [0.25, 0.3) is 77.2 Å². The van der Waals surface area contributed by atoms with Gasteiger partial charge in [0.2, 0.25) is 0 Å². The molecule has 0 aliphatic heterocycles. The van der Waals surface area contributed by atoms with Crippen LogP contribution in [-0.4, -0.2) is 9.13 Å². The number of nitrogens with zero attached hydrogens (tertiary/aromatic N) is 2. The first-order chi connectivity index (χ1) is 33.5. The summed E-state index contributed by atoms with van der Waals surface area (Å²) in [6, 6.07) is -26.2. The smallest absolute Gasteiger partial charge is 0.0653 e. The molecular formula is C42H28N2. The van der Waals surface area contributed by atoms with Gasteiger partial charge in [0.15, 0.2) is 0 Å². The summed E-state index contributed by atoms with van der Waals surface area (Å²) in [5.41, 5.74) is -7.44. The van der Waals surface area contributed by atoms with E-state index in [9.17, 15) is 12.3 Å². The van der Waals surface area contributed by atoms with E-state index in [1.54, 1.807) is 0 Å². The highest BCUT2D eigenvalue weighted by atomic mass is 15.0. The van der Waals surface area contributed by atoms with Crippen molar-refractivity contribution in [3.05, 3.63) is 169 Å². The molecule has 9 rings (SSSR count). The van der Waals surface area contributed by atoms with Gasteiger partial charge in [-0.25, -0.2) is 0 Å². The van der Waals surface area contributed by atoms with Crippen LogP contribution >= 0.6 is 0 Å². The van der Waals surface area contributed by atoms with Crippen LogP contribution in [0.2, 0.25) is 0 Å². The Labute approximate surface area is 295 Å². The summed E-state index contributed by atoms with van der Waals surface area (Å²) in [6.45, 7) is 0. The van der Waals surface area contributed by atoms with E-state index in [1.807, 2.05) is 0 Å². The SMILES string of the molecule is [2H]c1c([2H])c([2H])c(-c2c([2H])c([2H])c(-n3c4c([2H])c([2H])c([2H])c([2H])c4c4c([2H])c5c(c([2H])c43)c3c([2H])c([2H])c([2H])c([2H])c3n5-c3c([2H])c([2H])c([2H])c(-c4c([2H])c([2H])c([2H])c([2H])c4[2H])c3[2H])c([2H])c2[2H])c([2H])c1[2H]. The lowest BCUT2D eigenvalue weighted by Gasteiger charge is -2.11. The molecule has 0 fully saturated rings. The summed E-state index contributed by atoms with van der Waals surface area (Å²) in [5, 5.41) is -2.44. The third kappa shape index (κ3) is 3.82. The molecule has 2 heteroatoms. The van der Waals surface area contributed by atoms with E-state index in [-0.39, 0.29) is 0 Å². The van der Waals surface area contributed by atoms with Gasteiger partial charge in [0, 0.05) is 32.9 Å². The van der Waals surface area contributed by atoms with Gasteiger partial charge in [-0.05, 0) is 70.6 Å². The Bertz CT molecular complexity index is 3990. The lowest BCUT2D eigenvalue weighted by atomic mass is 10.1. The van der Waals surface area contributed by atoms with Crippen LogP contribution in [0.4, 0.5) is 0 Å². The molecule has 0 amide bonds. The highest BCUT2D eigenvalue weighted by Crippen LogP contribution is 2.40. The van der Waals surface area contributed by atoms with Gasteiger partial charge in [0.05, 0.1) is 60.4 Å². The van der Waals surface area contributed by atoms with Crippen molar-refractivity contribution in [3.63, 3.8) is 0 Å². The predicted molar refractivity (Wildman–Crippen MR) is 186 cm³/mol. The number of hydrogen-bond donors (Lipinski definition) is 0. The minimum Gasteiger partial charge on any atom is -0.309 e. The maximum atomic E-state index is 10.0. The molecule has 2 aromatic heterocycles. The molecule has 0 radical (unpaired) electrons. The zero-order valence-corrected chi connectivity index (χ0v) is 21.9. The van der Waals surface area contributed by atoms with Crippen molar-refractivity contribution in [1.82, 2.24) is 9.13 Å². The van der Waals surface area contributed by atoms with E-state index in [4.69, 9.17) is 26.0 Å². The second kappa shape index (κ2) is 9.86. The van der Waals surface area contributed by atoms with Crippen LogP contribution in [0, 0.1) is 0 Å². The van der Waals surface area contributed by atoms with E-state index in [0.717, 1.165) is 9.13 Å². The fourth-order valence-electron chi connectivity index (χ4n) is 5.02. The summed E-state index contributed by atoms with van der Waals surface area (Å²) < 4.78 is 250. The fourth-order valence-corrected chi connectivity index (χ4v) is 5.02. The minimum atomic E-state index is -1.05. The van der Waals surface area contributed by atoms with Gasteiger partial charge in [0.25, 0.3) is 0 Å². The van der Waals surface area contributed by atoms with Crippen LogP contribution in [0.3, 0.4) is 0 Å². The predicted octanol–water partition coefficient (Wildman–Crippen LogP) is 11.2. The Kier molecular flexibility index (Phi) is 2.14. The maximum Gasteiger partial charge on any atom is 0.0653 e. The maximum absolute atomic E-state index is 10.0. The highest BCUT2D eigenvalue weighted by molar-refractivity contribution is 6.19. The summed E-state index contributed by atoms with van der Waals surface area (Å²) in [6.07, 6.45) is 0. The summed E-state index contributed by atoms with van der Waals surface area (Å²) in [7, 11) is 0. The lowest BCUT2D eigenvalue weighted by Crippen LogP contribution is -1.95. The van der Waals surface area contributed by atoms with Crippen molar-refractivity contribution >= 4 is 43.6 Å². The van der Waals surface area contributed by atoms with E-state index < -0.39 is 246 Å². The van der Waals surface area contributed by atoms with Gasteiger partial charge in [-0.15, -0.1) is 0 Å². The molecule has 0 saturated heterocycles. The van der Waals surface area contributed by atoms with Gasteiger partial charge >= 0.3 is 0 Å². The monoisotopic (exact) mass is 588 g/mol. The fraction of sp³-hybridized carbons (Fsp3) is 0. The van der Waals surface area contributed by atoms with Gasteiger partial charge in [-0.2, -0.15) is 0 Å². The van der Waals surface area contributed by atoms with Crippen LogP contribution < -0.4 is 0 Å². The second-order valence-corrected chi connectivity index (χ2v) is 9.26. The standard InChI is InChI=1S/C42H28N2/c1-3-12-29(13-4-1)31-22-24-33(25-23-31)43-39-20-9-7-18-35(39)37-28-42-38(27-41(37)43)36-19-8-10-21-40(36)44(42)34-17-11-16-32(26-34)30-14-5-2-6-15-30/h1-28H/i1D,2D,3D,4D,5D,6D,7D,8D,9D,10D,11D,12D,13D,14D,15D,16D,17D,18D,19D,20D,21D,22D,23D,24D,25D,26D,27D,28D. The largest absolute Gasteiger partial charge is 0.309 e. The molecule has 0 bridgehead atoms. The third-order valence-corrected chi connectivity index (χ3v) is 6.86. The molecule has 0 aliphatic carbocycles. The molecule has 0 saturated carbocycles. The van der Waals surface area contributed by atoms with Crippen LogP contribution in [0.1, 0.15) is 38.4 Å². The van der Waals surface area contributed by atoms with Crippen molar-refractivity contribution in [2.75, 3.05) is 0 Å². The van der Waals surface area contributed by atoms with E-state index >= 15 is 0 Å². The normalized spacial score (nSPS) is 20.5. The van der Waals surface area contributed by atoms with Gasteiger partial charge < -0.3 is 9.13 Å². The minimum absolute atomic E-state index is 0.598. The van der Waals surface area contributed by atoms with Crippen molar-refractivity contribution in [2.24, 2.45) is 0 Å². The zero-order chi connectivity index (χ0) is 53.4. The quantitative estimate of drug-likeness (QED) is 0.193. The molecule has 9 aromatic rings. The van der Waals surface area contributed by atoms with Crippen LogP contribution in [0.5, 0.6) is 0 Å². The zero-order valence-electron chi connectivity index (χ0n) is 49.9. The van der Waals surface area contributed by atoms with Crippen molar-refractivity contribution in [1.29, 1.82) is 0 Å². The van der Waals surface area contributed by atoms with Crippen molar-refractivity contribution < 1.29 is 38.4 Å². The Balaban J connectivity index is 1.58. The Morgan fingerprint density at radius 2 is 0.750 bits per heavy atom. The van der Waals surface area contributed by atoms with Crippen molar-refractivity contribution in [3.8, 4) is 33.6 Å². The Hall–Kier alpha value is -5.86. The Morgan fingerprint density at radius 3 is 1.34 bits per heavy atom. The molecule has 206 valence electrons. The average Bonchev–Trinajstić information content (AvgIpc) is 3.89. The molecule has 0 aliphatic rings. The van der Waals surface area contributed by atoms with E-state index in [0.29, 0.717) is 0 Å². The second-order valence-electron chi connectivity index (χ2n) is 9.26. The summed E-state index contributed by atoms with van der Waals surface area (Å²) in [5.74, 6) is 0. The number of rotatable bonds is 4. The molecule has 2 heterocycles. The molecule has 0 spiro atoms. The number of fused-ring (bicyclic) bond motifs is 6. The Morgan fingerprint density at radius 1 is 0.295 bits per heavy atom. The first-order valence-corrected chi connectivity index (χ1v) is 12.8. The summed E-state index contributed by atoms with van der Waals surface area (Å²) >= 11 is 0. The van der Waals surface area contributed by atoms with Gasteiger partial charge in [-0.3, -0.25) is 0 Å². The molecule has 7 aromatic carbocycles. The van der Waals surface area contributed by atoms with E-state index in [1.165, 1.54) is 0 Å². The third-order valence-electron chi connectivity index (χ3n) is 6.86. The molecule has 2 nitrogen and oxygen atoms in total. The lowest BCUT2D eigenvalue weighted by molar-refractivity contribution is 1.17.